The van der Waals surface area contributed by atoms with E-state index >= 15 is 0 Å². The van der Waals surface area contributed by atoms with Crippen molar-refractivity contribution < 1.29 is 17.2 Å². The van der Waals surface area contributed by atoms with E-state index < -0.39 is 26.6 Å². The highest BCUT2D eigenvalue weighted by molar-refractivity contribution is 7.89. The van der Waals surface area contributed by atoms with E-state index in [-0.39, 0.29) is 18.2 Å². The molecule has 1 aliphatic rings. The Morgan fingerprint density at radius 1 is 1.33 bits per heavy atom. The second-order valence-corrected chi connectivity index (χ2v) is 7.13. The highest BCUT2D eigenvalue weighted by Gasteiger charge is 2.35. The van der Waals surface area contributed by atoms with Crippen LogP contribution >= 0.6 is 0 Å². The van der Waals surface area contributed by atoms with Gasteiger partial charge in [-0.05, 0) is 37.0 Å². The third-order valence-electron chi connectivity index (χ3n) is 3.92. The summed E-state index contributed by atoms with van der Waals surface area (Å²) in [7, 11) is -4.05. The Bertz CT molecular complexity index is 620. The van der Waals surface area contributed by atoms with Gasteiger partial charge in [0, 0.05) is 19.1 Å². The van der Waals surface area contributed by atoms with Crippen molar-refractivity contribution in [3.05, 3.63) is 29.3 Å². The monoisotopic (exact) mass is 318 g/mol. The van der Waals surface area contributed by atoms with Crippen LogP contribution in [0.4, 0.5) is 8.78 Å². The summed E-state index contributed by atoms with van der Waals surface area (Å²) in [6.45, 7) is 2.19. The summed E-state index contributed by atoms with van der Waals surface area (Å²) in [6.07, 6.45) is 3.08. The standard InChI is InChI=1S/C14H20F2N2O2S/c1-2-11-5-3-4-6-18(11)21(19,20)13-8-10(9-17)7-12(15)14(13)16/h7-8,11H,2-6,9,17H2,1H3. The van der Waals surface area contributed by atoms with Gasteiger partial charge in [-0.25, -0.2) is 17.2 Å². The van der Waals surface area contributed by atoms with Crippen LogP contribution in [0.2, 0.25) is 0 Å². The number of hydrogen-bond donors (Lipinski definition) is 1. The van der Waals surface area contributed by atoms with Crippen LogP contribution in [0, 0.1) is 11.6 Å². The van der Waals surface area contributed by atoms with Crippen molar-refractivity contribution in [1.82, 2.24) is 4.31 Å². The zero-order chi connectivity index (χ0) is 15.6. The molecule has 1 atom stereocenters. The number of halogens is 2. The minimum atomic E-state index is -4.05. The van der Waals surface area contributed by atoms with Gasteiger partial charge >= 0.3 is 0 Å². The molecule has 2 N–H and O–H groups in total. The fraction of sp³-hybridized carbons (Fsp3) is 0.571. The molecule has 1 aliphatic heterocycles. The van der Waals surface area contributed by atoms with Crippen molar-refractivity contribution in [2.24, 2.45) is 5.73 Å². The molecular formula is C14H20F2N2O2S. The SMILES string of the molecule is CCC1CCCCN1S(=O)(=O)c1cc(CN)cc(F)c1F. The number of sulfonamides is 1. The summed E-state index contributed by atoms with van der Waals surface area (Å²) >= 11 is 0. The zero-order valence-electron chi connectivity index (χ0n) is 12.0. The maximum Gasteiger partial charge on any atom is 0.246 e. The Balaban J connectivity index is 2.50. The number of benzene rings is 1. The molecule has 0 aromatic heterocycles. The second-order valence-electron chi connectivity index (χ2n) is 5.27. The fourth-order valence-electron chi connectivity index (χ4n) is 2.75. The van der Waals surface area contributed by atoms with Crippen LogP contribution < -0.4 is 5.73 Å². The van der Waals surface area contributed by atoms with Crippen LogP contribution in [0.15, 0.2) is 17.0 Å². The first-order valence-electron chi connectivity index (χ1n) is 7.11. The summed E-state index contributed by atoms with van der Waals surface area (Å²) in [4.78, 5) is -0.608. The van der Waals surface area contributed by atoms with E-state index in [0.29, 0.717) is 13.0 Å². The summed E-state index contributed by atoms with van der Waals surface area (Å²) < 4.78 is 54.2. The smallest absolute Gasteiger partial charge is 0.246 e. The van der Waals surface area contributed by atoms with E-state index in [1.807, 2.05) is 6.92 Å². The molecule has 21 heavy (non-hydrogen) atoms. The number of rotatable bonds is 4. The molecule has 0 amide bonds. The molecule has 1 heterocycles. The van der Waals surface area contributed by atoms with Gasteiger partial charge in [0.15, 0.2) is 11.6 Å². The van der Waals surface area contributed by atoms with Crippen LogP contribution in [-0.2, 0) is 16.6 Å². The molecule has 2 rings (SSSR count). The molecule has 1 unspecified atom stereocenters. The van der Waals surface area contributed by atoms with Crippen molar-refractivity contribution in [2.75, 3.05) is 6.54 Å². The van der Waals surface area contributed by atoms with E-state index in [4.69, 9.17) is 5.73 Å². The van der Waals surface area contributed by atoms with Gasteiger partial charge in [0.25, 0.3) is 0 Å². The fourth-order valence-corrected chi connectivity index (χ4v) is 4.64. The van der Waals surface area contributed by atoms with Gasteiger partial charge in [-0.3, -0.25) is 0 Å². The molecule has 0 saturated carbocycles. The first-order chi connectivity index (χ1) is 9.91. The van der Waals surface area contributed by atoms with Crippen molar-refractivity contribution in [1.29, 1.82) is 0 Å². The Hall–Kier alpha value is -1.05. The average Bonchev–Trinajstić information content (AvgIpc) is 2.49. The molecule has 0 radical (unpaired) electrons. The Morgan fingerprint density at radius 3 is 2.67 bits per heavy atom. The molecule has 1 saturated heterocycles. The molecule has 0 spiro atoms. The van der Waals surface area contributed by atoms with E-state index in [1.54, 1.807) is 0 Å². The third kappa shape index (κ3) is 3.09. The van der Waals surface area contributed by atoms with Crippen molar-refractivity contribution >= 4 is 10.0 Å². The van der Waals surface area contributed by atoms with E-state index in [9.17, 15) is 17.2 Å². The van der Waals surface area contributed by atoms with Gasteiger partial charge in [-0.1, -0.05) is 13.3 Å². The summed E-state index contributed by atoms with van der Waals surface area (Å²) in [5, 5.41) is 0. The topological polar surface area (TPSA) is 63.4 Å². The van der Waals surface area contributed by atoms with Crippen molar-refractivity contribution in [3.63, 3.8) is 0 Å². The third-order valence-corrected chi connectivity index (χ3v) is 5.87. The van der Waals surface area contributed by atoms with Crippen LogP contribution in [0.1, 0.15) is 38.2 Å². The molecule has 118 valence electrons. The molecule has 1 aromatic carbocycles. The lowest BCUT2D eigenvalue weighted by Crippen LogP contribution is -2.43. The minimum absolute atomic E-state index is 0.0447. The predicted octanol–water partition coefficient (Wildman–Crippen LogP) is 2.38. The zero-order valence-corrected chi connectivity index (χ0v) is 12.8. The van der Waals surface area contributed by atoms with Gasteiger partial charge in [0.2, 0.25) is 10.0 Å². The quantitative estimate of drug-likeness (QED) is 0.927. The highest BCUT2D eigenvalue weighted by Crippen LogP contribution is 2.29. The molecule has 1 aromatic rings. The Morgan fingerprint density at radius 2 is 2.05 bits per heavy atom. The van der Waals surface area contributed by atoms with Gasteiger partial charge in [-0.2, -0.15) is 4.31 Å². The van der Waals surface area contributed by atoms with E-state index in [1.165, 1.54) is 4.31 Å². The summed E-state index contributed by atoms with van der Waals surface area (Å²) in [5.41, 5.74) is 5.68. The Kier molecular flexibility index (Phi) is 4.95. The number of nitrogens with two attached hydrogens (primary N) is 1. The van der Waals surface area contributed by atoms with Gasteiger partial charge in [-0.15, -0.1) is 0 Å². The molecule has 1 fully saturated rings. The average molecular weight is 318 g/mol. The first kappa shape index (κ1) is 16.3. The normalized spacial score (nSPS) is 20.7. The number of piperidine rings is 1. The van der Waals surface area contributed by atoms with E-state index in [0.717, 1.165) is 31.4 Å². The predicted molar refractivity (Wildman–Crippen MR) is 76.1 cm³/mol. The van der Waals surface area contributed by atoms with Crippen molar-refractivity contribution in [2.45, 2.75) is 50.1 Å². The Labute approximate surface area is 124 Å². The first-order valence-corrected chi connectivity index (χ1v) is 8.55. The number of hydrogen-bond acceptors (Lipinski definition) is 3. The molecule has 0 aliphatic carbocycles. The lowest BCUT2D eigenvalue weighted by atomic mass is 10.0. The maximum atomic E-state index is 14.0. The molecule has 7 heteroatoms. The van der Waals surface area contributed by atoms with Crippen LogP contribution in [-0.4, -0.2) is 25.3 Å². The maximum absolute atomic E-state index is 14.0. The van der Waals surface area contributed by atoms with Crippen molar-refractivity contribution in [3.8, 4) is 0 Å². The molecular weight excluding hydrogens is 298 g/mol. The molecule has 0 bridgehead atoms. The largest absolute Gasteiger partial charge is 0.326 e. The second kappa shape index (κ2) is 6.37. The van der Waals surface area contributed by atoms with E-state index in [2.05, 4.69) is 0 Å². The minimum Gasteiger partial charge on any atom is -0.326 e. The van der Waals surface area contributed by atoms with Crippen LogP contribution in [0.5, 0.6) is 0 Å². The van der Waals surface area contributed by atoms with Gasteiger partial charge in [0.05, 0.1) is 0 Å². The molecule has 4 nitrogen and oxygen atoms in total. The summed E-state index contributed by atoms with van der Waals surface area (Å²) in [5.74, 6) is -2.51. The van der Waals surface area contributed by atoms with Crippen LogP contribution in [0.3, 0.4) is 0 Å². The highest BCUT2D eigenvalue weighted by atomic mass is 32.2. The van der Waals surface area contributed by atoms with Crippen LogP contribution in [0.25, 0.3) is 0 Å². The van der Waals surface area contributed by atoms with Gasteiger partial charge in [0.1, 0.15) is 4.90 Å². The summed E-state index contributed by atoms with van der Waals surface area (Å²) in [6, 6.07) is 1.91. The lowest BCUT2D eigenvalue weighted by Gasteiger charge is -2.34. The lowest BCUT2D eigenvalue weighted by molar-refractivity contribution is 0.245. The number of nitrogens with zero attached hydrogens (tertiary/aromatic N) is 1. The van der Waals surface area contributed by atoms with Gasteiger partial charge < -0.3 is 5.73 Å².